The van der Waals surface area contributed by atoms with Crippen LogP contribution in [0.3, 0.4) is 0 Å². The Bertz CT molecular complexity index is 1260. The van der Waals surface area contributed by atoms with E-state index in [2.05, 4.69) is 33.0 Å². The third-order valence-corrected chi connectivity index (χ3v) is 7.76. The predicted molar refractivity (Wildman–Crippen MR) is 142 cm³/mol. The highest BCUT2D eigenvalue weighted by atomic mass is 32.2. The number of hydrogen-bond donors (Lipinski definition) is 3. The van der Waals surface area contributed by atoms with Gasteiger partial charge in [0, 0.05) is 36.5 Å². The van der Waals surface area contributed by atoms with Crippen LogP contribution in [0.2, 0.25) is 0 Å². The molecule has 0 spiro atoms. The number of carbonyl (C=O) groups is 2. The highest BCUT2D eigenvalue weighted by molar-refractivity contribution is 8.00. The number of anilines is 1. The summed E-state index contributed by atoms with van der Waals surface area (Å²) in [5.41, 5.74) is 6.34. The average Bonchev–Trinajstić information content (AvgIpc) is 3.65. The van der Waals surface area contributed by atoms with E-state index < -0.39 is 30.0 Å². The largest absolute Gasteiger partial charge is 0.495 e. The predicted octanol–water partition coefficient (Wildman–Crippen LogP) is 1.88. The van der Waals surface area contributed by atoms with Gasteiger partial charge in [-0.15, -0.1) is 0 Å². The first-order valence-electron chi connectivity index (χ1n) is 12.6. The quantitative estimate of drug-likeness (QED) is 0.450. The molecule has 4 atom stereocenters. The fraction of sp³-hybridized carbons (Fsp3) is 0.500. The SMILES string of the molecule is COC1=CN(C)C(C(F)F)C=C1c1cc(N2CCO[C@@H](C)C2=O)ncc1C(=O)NC1NNC(C#CC2CC2)S1. The van der Waals surface area contributed by atoms with Gasteiger partial charge in [0.05, 0.1) is 25.8 Å². The normalized spacial score (nSPS) is 27.1. The summed E-state index contributed by atoms with van der Waals surface area (Å²) in [6.07, 6.45) is 3.10. The van der Waals surface area contributed by atoms with Crippen LogP contribution < -0.4 is 21.1 Å². The number of nitrogens with one attached hydrogen (secondary N) is 3. The smallest absolute Gasteiger partial charge is 0.262 e. The second kappa shape index (κ2) is 11.5. The number of morpholine rings is 1. The molecule has 2 amide bonds. The molecule has 3 aliphatic heterocycles. The van der Waals surface area contributed by atoms with Crippen LogP contribution in [0.4, 0.5) is 14.6 Å². The van der Waals surface area contributed by atoms with Crippen molar-refractivity contribution in [3.8, 4) is 11.8 Å². The molecule has 3 unspecified atom stereocenters. The van der Waals surface area contributed by atoms with Crippen LogP contribution in [0.25, 0.3) is 5.57 Å². The van der Waals surface area contributed by atoms with Crippen molar-refractivity contribution in [2.45, 2.75) is 49.2 Å². The maximum atomic E-state index is 13.9. The van der Waals surface area contributed by atoms with Gasteiger partial charge in [0.1, 0.15) is 34.6 Å². The minimum absolute atomic E-state index is 0.147. The van der Waals surface area contributed by atoms with E-state index in [4.69, 9.17) is 9.47 Å². The van der Waals surface area contributed by atoms with E-state index in [-0.39, 0.29) is 29.2 Å². The molecule has 208 valence electrons. The molecular formula is C26H30F2N6O4S. The van der Waals surface area contributed by atoms with Gasteiger partial charge in [-0.3, -0.25) is 14.5 Å². The fourth-order valence-corrected chi connectivity index (χ4v) is 5.26. The van der Waals surface area contributed by atoms with Crippen molar-refractivity contribution in [1.29, 1.82) is 0 Å². The Balaban J connectivity index is 1.47. The van der Waals surface area contributed by atoms with Gasteiger partial charge in [0.2, 0.25) is 0 Å². The third-order valence-electron chi connectivity index (χ3n) is 6.75. The lowest BCUT2D eigenvalue weighted by Crippen LogP contribution is -2.47. The minimum Gasteiger partial charge on any atom is -0.495 e. The number of amides is 2. The average molecular weight is 561 g/mol. The second-order valence-corrected chi connectivity index (χ2v) is 10.8. The van der Waals surface area contributed by atoms with Crippen molar-refractivity contribution in [3.63, 3.8) is 0 Å². The molecule has 1 saturated carbocycles. The number of hydrogen-bond acceptors (Lipinski definition) is 9. The van der Waals surface area contributed by atoms with Gasteiger partial charge in [-0.2, -0.15) is 0 Å². The van der Waals surface area contributed by atoms with Gasteiger partial charge in [0.25, 0.3) is 18.2 Å². The lowest BCUT2D eigenvalue weighted by molar-refractivity contribution is -0.132. The van der Waals surface area contributed by atoms with E-state index in [0.29, 0.717) is 29.4 Å². The van der Waals surface area contributed by atoms with Crippen molar-refractivity contribution in [2.24, 2.45) is 5.92 Å². The van der Waals surface area contributed by atoms with Crippen LogP contribution in [-0.4, -0.2) is 78.5 Å². The van der Waals surface area contributed by atoms with E-state index in [1.165, 1.54) is 54.2 Å². The van der Waals surface area contributed by atoms with Crippen LogP contribution in [0.1, 0.15) is 35.7 Å². The number of alkyl halides is 2. The molecular weight excluding hydrogens is 530 g/mol. The molecule has 3 N–H and O–H groups in total. The lowest BCUT2D eigenvalue weighted by atomic mass is 9.95. The molecule has 1 aliphatic carbocycles. The molecule has 0 radical (unpaired) electrons. The molecule has 13 heteroatoms. The lowest BCUT2D eigenvalue weighted by Gasteiger charge is -2.32. The van der Waals surface area contributed by atoms with Gasteiger partial charge in [-0.1, -0.05) is 23.6 Å². The number of nitrogens with zero attached hydrogens (tertiary/aromatic N) is 3. The summed E-state index contributed by atoms with van der Waals surface area (Å²) in [4.78, 5) is 33.5. The maximum Gasteiger partial charge on any atom is 0.262 e. The van der Waals surface area contributed by atoms with Crippen molar-refractivity contribution >= 4 is 35.0 Å². The third kappa shape index (κ3) is 6.04. The van der Waals surface area contributed by atoms with Gasteiger partial charge in [-0.05, 0) is 31.9 Å². The summed E-state index contributed by atoms with van der Waals surface area (Å²) in [6.45, 7) is 2.24. The Labute approximate surface area is 229 Å². The molecule has 39 heavy (non-hydrogen) atoms. The zero-order valence-electron chi connectivity index (χ0n) is 21.7. The Morgan fingerprint density at radius 1 is 1.33 bits per heavy atom. The highest BCUT2D eigenvalue weighted by Gasteiger charge is 2.33. The first kappa shape index (κ1) is 27.4. The van der Waals surface area contributed by atoms with Gasteiger partial charge >= 0.3 is 0 Å². The minimum atomic E-state index is -2.68. The van der Waals surface area contributed by atoms with Crippen molar-refractivity contribution in [3.05, 3.63) is 41.4 Å². The van der Waals surface area contributed by atoms with Gasteiger partial charge in [0.15, 0.2) is 0 Å². The molecule has 4 aliphatic rings. The van der Waals surface area contributed by atoms with Crippen LogP contribution in [0.15, 0.2) is 30.3 Å². The van der Waals surface area contributed by atoms with E-state index in [0.717, 1.165) is 12.8 Å². The zero-order chi connectivity index (χ0) is 27.7. The second-order valence-electron chi connectivity index (χ2n) is 9.58. The number of halogens is 2. The summed E-state index contributed by atoms with van der Waals surface area (Å²) < 4.78 is 38.7. The number of thioether (sulfide) groups is 1. The summed E-state index contributed by atoms with van der Waals surface area (Å²) in [5, 5.41) is 2.71. The van der Waals surface area contributed by atoms with Gasteiger partial charge in [-0.25, -0.2) is 24.6 Å². The molecule has 0 bridgehead atoms. The highest BCUT2D eigenvalue weighted by Crippen LogP contribution is 2.35. The van der Waals surface area contributed by atoms with Crippen LogP contribution in [-0.2, 0) is 14.3 Å². The molecule has 0 aromatic carbocycles. The molecule has 2 saturated heterocycles. The molecule has 3 fully saturated rings. The number of rotatable bonds is 6. The van der Waals surface area contributed by atoms with E-state index in [9.17, 15) is 18.4 Å². The summed E-state index contributed by atoms with van der Waals surface area (Å²) in [5.74, 6) is 6.64. The first-order chi connectivity index (χ1) is 18.7. The zero-order valence-corrected chi connectivity index (χ0v) is 22.6. The maximum absolute atomic E-state index is 13.9. The standard InChI is InChI=1S/C26H30F2N6O4S/c1-14-25(36)34(8-9-38-14)21-11-16(17-10-19(23(27)28)33(2)13-20(17)37-3)18(12-29-21)24(35)30-26-32-31-22(39-26)7-6-15-4-5-15/h10-15,19,22-23,26,31-32H,4-5,8-9H2,1-3H3,(H,30,35)/t14-,19?,22?,26?/m0/s1. The fourth-order valence-electron chi connectivity index (χ4n) is 4.41. The molecule has 1 aromatic heterocycles. The van der Waals surface area contributed by atoms with Crippen LogP contribution in [0, 0.1) is 17.8 Å². The number of pyridine rings is 1. The Kier molecular flexibility index (Phi) is 8.08. The molecule has 1 aromatic rings. The topological polar surface area (TPSA) is 108 Å². The molecule has 5 rings (SSSR count). The van der Waals surface area contributed by atoms with Gasteiger partial charge < -0.3 is 19.7 Å². The number of aromatic nitrogens is 1. The van der Waals surface area contributed by atoms with E-state index >= 15 is 0 Å². The first-order valence-corrected chi connectivity index (χ1v) is 13.6. The number of carbonyl (C=O) groups excluding carboxylic acids is 2. The van der Waals surface area contributed by atoms with Crippen molar-refractivity contribution in [2.75, 3.05) is 32.2 Å². The summed E-state index contributed by atoms with van der Waals surface area (Å²) in [7, 11) is 2.96. The summed E-state index contributed by atoms with van der Waals surface area (Å²) in [6, 6.07) is 0.327. The number of hydrazine groups is 1. The van der Waals surface area contributed by atoms with Crippen LogP contribution in [0.5, 0.6) is 0 Å². The number of ether oxygens (including phenoxy) is 2. The number of methoxy groups -OCH3 is 1. The monoisotopic (exact) mass is 560 g/mol. The van der Waals surface area contributed by atoms with Crippen LogP contribution >= 0.6 is 11.8 Å². The number of likely N-dealkylation sites (N-methyl/N-ethyl adjacent to an activating group) is 1. The Hall–Kier alpha value is -3.18. The van der Waals surface area contributed by atoms with Crippen molar-refractivity contribution in [1.82, 2.24) is 26.1 Å². The molecule has 4 heterocycles. The summed E-state index contributed by atoms with van der Waals surface area (Å²) >= 11 is 1.41. The van der Waals surface area contributed by atoms with E-state index in [1.807, 2.05) is 0 Å². The molecule has 10 nitrogen and oxygen atoms in total. The van der Waals surface area contributed by atoms with E-state index in [1.54, 1.807) is 13.0 Å². The van der Waals surface area contributed by atoms with Crippen molar-refractivity contribution < 1.29 is 27.8 Å². The Morgan fingerprint density at radius 2 is 2.13 bits per heavy atom. The Morgan fingerprint density at radius 3 is 2.85 bits per heavy atom. The number of allylic oxidation sites excluding steroid dienone is 1.